The number of rotatable bonds is 3. The number of hydrogen-bond donors (Lipinski definition) is 0. The summed E-state index contributed by atoms with van der Waals surface area (Å²) in [7, 11) is 0. The third-order valence-corrected chi connectivity index (χ3v) is 3.07. The molecule has 2 aromatic rings. The fourth-order valence-electron chi connectivity index (χ4n) is 2.03. The summed E-state index contributed by atoms with van der Waals surface area (Å²) in [6.07, 6.45) is 2.92. The minimum absolute atomic E-state index is 0.186. The van der Waals surface area contributed by atoms with Gasteiger partial charge in [0.1, 0.15) is 5.52 Å². The van der Waals surface area contributed by atoms with Gasteiger partial charge in [-0.25, -0.2) is 0 Å². The van der Waals surface area contributed by atoms with Crippen molar-refractivity contribution < 1.29 is 4.92 Å². The Labute approximate surface area is 106 Å². The van der Waals surface area contributed by atoms with Crippen molar-refractivity contribution in [3.05, 3.63) is 40.6 Å². The summed E-state index contributed by atoms with van der Waals surface area (Å²) in [5.74, 6) is 0. The lowest BCUT2D eigenvalue weighted by molar-refractivity contribution is -0.383. The van der Waals surface area contributed by atoms with Gasteiger partial charge in [0.05, 0.1) is 4.92 Å². The van der Waals surface area contributed by atoms with Crippen molar-refractivity contribution in [2.45, 2.75) is 33.7 Å². The fraction of sp³-hybridized carbons (Fsp3) is 0.429. The van der Waals surface area contributed by atoms with E-state index < -0.39 is 0 Å². The molecule has 0 atom stereocenters. The number of hydrogen-bond acceptors (Lipinski definition) is 2. The lowest BCUT2D eigenvalue weighted by Gasteiger charge is -2.18. The van der Waals surface area contributed by atoms with Gasteiger partial charge >= 0.3 is 0 Å². The van der Waals surface area contributed by atoms with Crippen molar-refractivity contribution >= 4 is 16.6 Å². The number of nitrogens with zero attached hydrogens (tertiary/aromatic N) is 2. The first-order chi connectivity index (χ1) is 8.38. The van der Waals surface area contributed by atoms with E-state index in [1.54, 1.807) is 12.1 Å². The SMILES string of the molecule is CC(C)(C)CCn1ccc2cccc([N+](=O)[O-])c21. The van der Waals surface area contributed by atoms with Gasteiger partial charge in [0.15, 0.2) is 0 Å². The van der Waals surface area contributed by atoms with E-state index in [-0.39, 0.29) is 16.0 Å². The molecule has 0 spiro atoms. The van der Waals surface area contributed by atoms with Gasteiger partial charge in [0.25, 0.3) is 5.69 Å². The second kappa shape index (κ2) is 4.44. The van der Waals surface area contributed by atoms with Crippen molar-refractivity contribution in [3.63, 3.8) is 0 Å². The molecular formula is C14H18N2O2. The van der Waals surface area contributed by atoms with Crippen LogP contribution in [0.3, 0.4) is 0 Å². The highest BCUT2D eigenvalue weighted by molar-refractivity contribution is 5.88. The third-order valence-electron chi connectivity index (χ3n) is 3.07. The van der Waals surface area contributed by atoms with E-state index in [9.17, 15) is 10.1 Å². The molecule has 0 bridgehead atoms. The Morgan fingerprint density at radius 2 is 2.00 bits per heavy atom. The highest BCUT2D eigenvalue weighted by Gasteiger charge is 2.17. The predicted molar refractivity (Wildman–Crippen MR) is 72.7 cm³/mol. The molecule has 0 aliphatic rings. The van der Waals surface area contributed by atoms with E-state index in [0.717, 1.165) is 23.9 Å². The third kappa shape index (κ3) is 2.53. The van der Waals surface area contributed by atoms with E-state index in [0.29, 0.717) is 0 Å². The molecule has 4 heteroatoms. The van der Waals surface area contributed by atoms with Gasteiger partial charge in [0, 0.05) is 24.2 Å². The molecule has 2 rings (SSSR count). The summed E-state index contributed by atoms with van der Waals surface area (Å²) < 4.78 is 1.98. The molecule has 0 aliphatic heterocycles. The first-order valence-corrected chi connectivity index (χ1v) is 6.11. The molecule has 0 radical (unpaired) electrons. The molecule has 0 saturated carbocycles. The smallest absolute Gasteiger partial charge is 0.293 e. The van der Waals surface area contributed by atoms with Crippen molar-refractivity contribution in [2.75, 3.05) is 0 Å². The summed E-state index contributed by atoms with van der Waals surface area (Å²) in [5.41, 5.74) is 1.14. The maximum Gasteiger partial charge on any atom is 0.293 e. The van der Waals surface area contributed by atoms with Crippen molar-refractivity contribution in [1.82, 2.24) is 4.57 Å². The summed E-state index contributed by atoms with van der Waals surface area (Å²) in [4.78, 5) is 10.7. The summed E-state index contributed by atoms with van der Waals surface area (Å²) in [6, 6.07) is 7.14. The van der Waals surface area contributed by atoms with Crippen molar-refractivity contribution in [2.24, 2.45) is 5.41 Å². The molecule has 1 aromatic heterocycles. The Bertz CT molecular complexity index is 579. The van der Waals surface area contributed by atoms with Crippen LogP contribution in [-0.4, -0.2) is 9.49 Å². The monoisotopic (exact) mass is 246 g/mol. The molecule has 0 fully saturated rings. The normalized spacial score (nSPS) is 11.9. The van der Waals surface area contributed by atoms with Crippen LogP contribution in [0, 0.1) is 15.5 Å². The van der Waals surface area contributed by atoms with Crippen LogP contribution in [0.4, 0.5) is 5.69 Å². The zero-order valence-electron chi connectivity index (χ0n) is 11.0. The van der Waals surface area contributed by atoms with Crippen LogP contribution in [0.1, 0.15) is 27.2 Å². The molecule has 0 N–H and O–H groups in total. The van der Waals surface area contributed by atoms with Crippen LogP contribution < -0.4 is 0 Å². The molecule has 0 aliphatic carbocycles. The van der Waals surface area contributed by atoms with Crippen molar-refractivity contribution in [1.29, 1.82) is 0 Å². The molecule has 0 saturated heterocycles. The molecule has 0 unspecified atom stereocenters. The van der Waals surface area contributed by atoms with Gasteiger partial charge in [-0.2, -0.15) is 0 Å². The Morgan fingerprint density at radius 3 is 2.61 bits per heavy atom. The standard InChI is InChI=1S/C14H18N2O2/c1-14(2,3)8-10-15-9-7-11-5-4-6-12(13(11)15)16(17)18/h4-7,9H,8,10H2,1-3H3. The maximum absolute atomic E-state index is 11.1. The van der Waals surface area contributed by atoms with E-state index >= 15 is 0 Å². The molecule has 0 amide bonds. The lowest BCUT2D eigenvalue weighted by Crippen LogP contribution is -2.10. The average Bonchev–Trinajstić information content (AvgIpc) is 2.68. The fourth-order valence-corrected chi connectivity index (χ4v) is 2.03. The van der Waals surface area contributed by atoms with Gasteiger partial charge < -0.3 is 4.57 Å². The Morgan fingerprint density at radius 1 is 1.28 bits per heavy atom. The topological polar surface area (TPSA) is 48.1 Å². The number of nitro benzene ring substituents is 1. The van der Waals surface area contributed by atoms with Crippen LogP contribution in [0.25, 0.3) is 10.9 Å². The molecule has 1 heterocycles. The second-order valence-electron chi connectivity index (χ2n) is 5.79. The minimum atomic E-state index is -0.310. The molecular weight excluding hydrogens is 228 g/mol. The highest BCUT2D eigenvalue weighted by atomic mass is 16.6. The summed E-state index contributed by atoms with van der Waals surface area (Å²) in [5, 5.41) is 12.0. The van der Waals surface area contributed by atoms with Crippen LogP contribution in [0.5, 0.6) is 0 Å². The first-order valence-electron chi connectivity index (χ1n) is 6.11. The number of para-hydroxylation sites is 1. The Kier molecular flexibility index (Phi) is 3.11. The predicted octanol–water partition coefficient (Wildman–Crippen LogP) is 3.99. The lowest BCUT2D eigenvalue weighted by atomic mass is 9.92. The van der Waals surface area contributed by atoms with Crippen LogP contribution in [0.15, 0.2) is 30.5 Å². The maximum atomic E-state index is 11.1. The average molecular weight is 246 g/mol. The summed E-state index contributed by atoms with van der Waals surface area (Å²) >= 11 is 0. The molecule has 96 valence electrons. The second-order valence-corrected chi connectivity index (χ2v) is 5.79. The number of fused-ring (bicyclic) bond motifs is 1. The van der Waals surface area contributed by atoms with Crippen LogP contribution >= 0.6 is 0 Å². The first kappa shape index (κ1) is 12.6. The Hall–Kier alpha value is -1.84. The van der Waals surface area contributed by atoms with Crippen LogP contribution in [0.2, 0.25) is 0 Å². The minimum Gasteiger partial charge on any atom is -0.342 e. The van der Waals surface area contributed by atoms with Crippen molar-refractivity contribution in [3.8, 4) is 0 Å². The van der Waals surface area contributed by atoms with E-state index in [1.807, 2.05) is 22.9 Å². The molecule has 4 nitrogen and oxygen atoms in total. The number of aromatic nitrogens is 1. The van der Waals surface area contributed by atoms with Gasteiger partial charge in [0.2, 0.25) is 0 Å². The molecule has 18 heavy (non-hydrogen) atoms. The van der Waals surface area contributed by atoms with E-state index in [4.69, 9.17) is 0 Å². The van der Waals surface area contributed by atoms with Gasteiger partial charge in [-0.15, -0.1) is 0 Å². The number of benzene rings is 1. The number of non-ortho nitro benzene ring substituents is 1. The van der Waals surface area contributed by atoms with Crippen LogP contribution in [-0.2, 0) is 6.54 Å². The summed E-state index contributed by atoms with van der Waals surface area (Å²) in [6.45, 7) is 7.32. The Balaban J connectivity index is 2.42. The molecule has 1 aromatic carbocycles. The number of aryl methyl sites for hydroxylation is 1. The highest BCUT2D eigenvalue weighted by Crippen LogP contribution is 2.28. The van der Waals surface area contributed by atoms with E-state index in [1.165, 1.54) is 0 Å². The largest absolute Gasteiger partial charge is 0.342 e. The quantitative estimate of drug-likeness (QED) is 0.607. The van der Waals surface area contributed by atoms with Gasteiger partial charge in [-0.3, -0.25) is 10.1 Å². The van der Waals surface area contributed by atoms with Gasteiger partial charge in [-0.05, 0) is 17.9 Å². The van der Waals surface area contributed by atoms with E-state index in [2.05, 4.69) is 20.8 Å². The number of nitro groups is 1. The van der Waals surface area contributed by atoms with Gasteiger partial charge in [-0.1, -0.05) is 32.9 Å². The zero-order valence-corrected chi connectivity index (χ0v) is 11.0. The zero-order chi connectivity index (χ0) is 13.3.